The summed E-state index contributed by atoms with van der Waals surface area (Å²) in [6.07, 6.45) is -7.88. The van der Waals surface area contributed by atoms with Crippen molar-refractivity contribution in [2.75, 3.05) is 116 Å². The topological polar surface area (TPSA) is 285 Å². The molecule has 4 heterocycles. The van der Waals surface area contributed by atoms with Crippen LogP contribution < -0.4 is 80.0 Å². The maximum absolute atomic E-state index is 12.4. The largest absolute Gasteiger partial charge is 1.00 e. The monoisotopic (exact) mass is 984 g/mol. The van der Waals surface area contributed by atoms with Gasteiger partial charge in [-0.2, -0.15) is 0 Å². The van der Waals surface area contributed by atoms with Gasteiger partial charge in [0.1, 0.15) is 42.2 Å². The van der Waals surface area contributed by atoms with E-state index in [4.69, 9.17) is 61.6 Å². The molecule has 4 aliphatic rings. The molecular formula is C43H74N2Na2O20. The van der Waals surface area contributed by atoms with E-state index in [1.165, 1.54) is 21.3 Å². The van der Waals surface area contributed by atoms with Crippen LogP contribution in [0.1, 0.15) is 25.7 Å². The number of carbonyl (C=O) groups excluding carboxylic acids is 2. The zero-order chi connectivity index (χ0) is 47.6. The van der Waals surface area contributed by atoms with Gasteiger partial charge in [0, 0.05) is 86.7 Å². The minimum Gasteiger partial charge on any atom is -0.547 e. The van der Waals surface area contributed by atoms with E-state index in [1.807, 2.05) is 7.05 Å². The van der Waals surface area contributed by atoms with Crippen molar-refractivity contribution < 1.29 is 156 Å². The molecule has 0 saturated carbocycles. The number of likely N-dealkylation sites (N-methyl/N-ethyl adjacent to an activating group) is 2. The van der Waals surface area contributed by atoms with Crippen molar-refractivity contribution in [1.29, 1.82) is 0 Å². The third-order valence-electron chi connectivity index (χ3n) is 13.0. The van der Waals surface area contributed by atoms with Crippen LogP contribution in [0.2, 0.25) is 0 Å². The second-order valence-electron chi connectivity index (χ2n) is 16.8. The SMILES string of the molecule is CNC1C(COCC2C(C(=O)[O-])OC(CCOCCC3C(COC)OC(COC)C(NC)C3OC)C(OC)C2O)OC(COC)C(CCOCCC2OC(C(=O)[O-])=CC(O)C2OC)C1O.[Na+].[Na+]. The zero-order valence-electron chi connectivity index (χ0n) is 40.9. The predicted octanol–water partition coefficient (Wildman–Crippen LogP) is -10.2. The quantitative estimate of drug-likeness (QED) is 0.0344. The molecule has 0 aromatic rings. The summed E-state index contributed by atoms with van der Waals surface area (Å²) < 4.78 is 75.3. The molecule has 0 aromatic carbocycles. The average molecular weight is 985 g/mol. The number of aliphatic hydroxyl groups excluding tert-OH is 3. The van der Waals surface area contributed by atoms with Gasteiger partial charge >= 0.3 is 59.1 Å². The van der Waals surface area contributed by atoms with Crippen LogP contribution in [0, 0.1) is 17.8 Å². The summed E-state index contributed by atoms with van der Waals surface area (Å²) in [5.74, 6) is -5.10. The predicted molar refractivity (Wildman–Crippen MR) is 222 cm³/mol. The molecule has 5 N–H and O–H groups in total. The molecule has 3 saturated heterocycles. The molecular weight excluding hydrogens is 910 g/mol. The number of carboxylic acid groups (broad SMARTS) is 2. The Balaban J connectivity index is 0.00000771. The van der Waals surface area contributed by atoms with Crippen LogP contribution in [0.3, 0.4) is 0 Å². The molecule has 24 heteroatoms. The van der Waals surface area contributed by atoms with Gasteiger partial charge in [0.25, 0.3) is 0 Å². The fourth-order valence-electron chi connectivity index (χ4n) is 9.74. The summed E-state index contributed by atoms with van der Waals surface area (Å²) >= 11 is 0. The Morgan fingerprint density at radius 3 is 1.60 bits per heavy atom. The molecule has 0 amide bonds. The Hall–Kier alpha value is -0.200. The fraction of sp³-hybridized carbons (Fsp3) is 0.907. The summed E-state index contributed by atoms with van der Waals surface area (Å²) in [5, 5.41) is 63.5. The molecule has 0 radical (unpaired) electrons. The molecule has 67 heavy (non-hydrogen) atoms. The summed E-state index contributed by atoms with van der Waals surface area (Å²) in [6.45, 7) is 1.42. The van der Waals surface area contributed by atoms with Gasteiger partial charge < -0.3 is 107 Å². The van der Waals surface area contributed by atoms with E-state index in [9.17, 15) is 35.1 Å². The second-order valence-corrected chi connectivity index (χ2v) is 16.8. The zero-order valence-corrected chi connectivity index (χ0v) is 44.9. The molecule has 18 unspecified atom stereocenters. The smallest absolute Gasteiger partial charge is 0.547 e. The van der Waals surface area contributed by atoms with Gasteiger partial charge in [0.05, 0.1) is 107 Å². The van der Waals surface area contributed by atoms with E-state index in [0.29, 0.717) is 32.7 Å². The van der Waals surface area contributed by atoms with Gasteiger partial charge in [-0.05, 0) is 39.4 Å². The third-order valence-corrected chi connectivity index (χ3v) is 13.0. The number of aliphatic hydroxyl groups is 3. The molecule has 0 spiro atoms. The molecule has 0 aliphatic carbocycles. The first kappa shape index (κ1) is 62.9. The maximum atomic E-state index is 12.4. The van der Waals surface area contributed by atoms with Crippen LogP contribution in [0.5, 0.6) is 0 Å². The van der Waals surface area contributed by atoms with Crippen molar-refractivity contribution in [3.05, 3.63) is 11.8 Å². The van der Waals surface area contributed by atoms with Crippen LogP contribution in [-0.4, -0.2) is 235 Å². The fourth-order valence-corrected chi connectivity index (χ4v) is 9.74. The number of rotatable bonds is 29. The Kier molecular flexibility index (Phi) is 30.8. The van der Waals surface area contributed by atoms with E-state index in [2.05, 4.69) is 10.6 Å². The normalized spacial score (nSPS) is 36.6. The van der Waals surface area contributed by atoms with Crippen molar-refractivity contribution in [3.63, 3.8) is 0 Å². The van der Waals surface area contributed by atoms with Gasteiger partial charge in [-0.25, -0.2) is 0 Å². The molecule has 378 valence electrons. The van der Waals surface area contributed by atoms with Crippen LogP contribution in [0.15, 0.2) is 11.8 Å². The number of carbonyl (C=O) groups is 2. The Bertz CT molecular complexity index is 1430. The Labute approximate surface area is 438 Å². The number of hydrogen-bond acceptors (Lipinski definition) is 22. The van der Waals surface area contributed by atoms with E-state index in [1.54, 1.807) is 28.4 Å². The molecule has 0 aromatic heterocycles. The van der Waals surface area contributed by atoms with E-state index in [0.717, 1.165) is 6.08 Å². The van der Waals surface area contributed by atoms with Crippen molar-refractivity contribution >= 4 is 11.9 Å². The molecule has 3 fully saturated rings. The minimum atomic E-state index is -1.55. The van der Waals surface area contributed by atoms with Crippen molar-refractivity contribution in [1.82, 2.24) is 10.6 Å². The van der Waals surface area contributed by atoms with Gasteiger partial charge in [-0.1, -0.05) is 0 Å². The first-order valence-corrected chi connectivity index (χ1v) is 22.3. The first-order chi connectivity index (χ1) is 31.3. The molecule has 0 bridgehead atoms. The Morgan fingerprint density at radius 2 is 1.07 bits per heavy atom. The van der Waals surface area contributed by atoms with Gasteiger partial charge in [0.15, 0.2) is 0 Å². The number of nitrogens with one attached hydrogen (secondary N) is 2. The molecule has 22 nitrogen and oxygen atoms in total. The van der Waals surface area contributed by atoms with Crippen molar-refractivity contribution in [2.24, 2.45) is 17.8 Å². The summed E-state index contributed by atoms with van der Waals surface area (Å²) in [5.41, 5.74) is 0. The number of carboxylic acids is 2. The first-order valence-electron chi connectivity index (χ1n) is 22.3. The molecule has 4 rings (SSSR count). The molecule has 4 aliphatic heterocycles. The summed E-state index contributed by atoms with van der Waals surface area (Å²) in [4.78, 5) is 23.8. The summed E-state index contributed by atoms with van der Waals surface area (Å²) in [7, 11) is 12.7. The van der Waals surface area contributed by atoms with E-state index in [-0.39, 0.29) is 142 Å². The number of aliphatic carboxylic acids is 2. The number of ether oxygens (including phenoxy) is 13. The van der Waals surface area contributed by atoms with E-state index < -0.39 is 96.6 Å². The van der Waals surface area contributed by atoms with Crippen molar-refractivity contribution in [2.45, 2.75) is 117 Å². The van der Waals surface area contributed by atoms with Crippen LogP contribution in [0.4, 0.5) is 0 Å². The van der Waals surface area contributed by atoms with Crippen LogP contribution in [0.25, 0.3) is 0 Å². The Morgan fingerprint density at radius 1 is 0.567 bits per heavy atom. The molecule has 18 atom stereocenters. The number of methoxy groups -OCH3 is 6. The second kappa shape index (κ2) is 32.8. The third kappa shape index (κ3) is 17.2. The summed E-state index contributed by atoms with van der Waals surface area (Å²) in [6, 6.07) is -0.740. The minimum absolute atomic E-state index is 0. The standard InChI is InChI=1S/C43H76N2O20.2Na/c1-44-34-33(63-30(19-53-3)23(36(34)47)9-13-59-15-11-27-40(57-7)26(46)17-29(62-27)42(49)50)22-61-18-25-37(48)41(58-8)28(65-39(25)43(51)52)12-16-60-14-10-24-31(20-54-4)64-32(21-55-5)35(45-2)38(24)56-6;;/h17,23-28,30-41,44-48H,9-16,18-22H2,1-8H3,(H,49,50)(H,51,52);;/q;2*+1/p-2. The van der Waals surface area contributed by atoms with Gasteiger partial charge in [-0.3, -0.25) is 0 Å². The van der Waals surface area contributed by atoms with Crippen molar-refractivity contribution in [3.8, 4) is 0 Å². The van der Waals surface area contributed by atoms with E-state index >= 15 is 0 Å². The van der Waals surface area contributed by atoms with Gasteiger partial charge in [0.2, 0.25) is 0 Å². The number of hydrogen-bond donors (Lipinski definition) is 5. The maximum Gasteiger partial charge on any atom is 1.00 e. The van der Waals surface area contributed by atoms with Crippen LogP contribution >= 0.6 is 0 Å². The van der Waals surface area contributed by atoms with Crippen LogP contribution in [-0.2, 0) is 71.2 Å². The average Bonchev–Trinajstić information content (AvgIpc) is 3.27. The van der Waals surface area contributed by atoms with Gasteiger partial charge in [-0.15, -0.1) is 0 Å².